The molecular formula is C15H33NS. The zero-order chi connectivity index (χ0) is 13.1. The minimum Gasteiger partial charge on any atom is -0.301 e. The van der Waals surface area contributed by atoms with Gasteiger partial charge in [0, 0.05) is 5.54 Å². The molecule has 0 saturated heterocycles. The van der Waals surface area contributed by atoms with E-state index < -0.39 is 0 Å². The molecule has 0 radical (unpaired) electrons. The van der Waals surface area contributed by atoms with Crippen LogP contribution in [0.2, 0.25) is 0 Å². The summed E-state index contributed by atoms with van der Waals surface area (Å²) in [4.78, 5) is 2.51. The largest absolute Gasteiger partial charge is 0.301 e. The summed E-state index contributed by atoms with van der Waals surface area (Å²) in [5.41, 5.74) is 0.368. The topological polar surface area (TPSA) is 3.24 Å². The van der Waals surface area contributed by atoms with Crippen molar-refractivity contribution >= 4 is 12.6 Å². The van der Waals surface area contributed by atoms with Gasteiger partial charge in [0.25, 0.3) is 0 Å². The van der Waals surface area contributed by atoms with Crippen molar-refractivity contribution in [1.82, 2.24) is 4.90 Å². The number of hydrogen-bond donors (Lipinski definition) is 1. The fraction of sp³-hybridized carbons (Fsp3) is 1.00. The third-order valence-electron chi connectivity index (χ3n) is 4.05. The first-order valence-electron chi connectivity index (χ1n) is 7.36. The summed E-state index contributed by atoms with van der Waals surface area (Å²) in [5.74, 6) is 1.05. The van der Waals surface area contributed by atoms with Gasteiger partial charge in [-0.05, 0) is 52.5 Å². The molecule has 1 nitrogen and oxygen atoms in total. The van der Waals surface area contributed by atoms with E-state index in [9.17, 15) is 0 Å². The van der Waals surface area contributed by atoms with Gasteiger partial charge >= 0.3 is 0 Å². The number of nitrogens with zero attached hydrogens (tertiary/aromatic N) is 1. The summed E-state index contributed by atoms with van der Waals surface area (Å²) < 4.78 is 0. The summed E-state index contributed by atoms with van der Waals surface area (Å²) in [6.07, 6.45) is 10.9. The summed E-state index contributed by atoms with van der Waals surface area (Å²) in [7, 11) is 2.26. The summed E-state index contributed by atoms with van der Waals surface area (Å²) in [6, 6.07) is 0. The van der Waals surface area contributed by atoms with Crippen molar-refractivity contribution in [3.05, 3.63) is 0 Å². The third-order valence-corrected chi connectivity index (χ3v) is 4.37. The molecule has 0 unspecified atom stereocenters. The first kappa shape index (κ1) is 17.3. The van der Waals surface area contributed by atoms with Crippen LogP contribution in [0, 0.1) is 0 Å². The van der Waals surface area contributed by atoms with E-state index >= 15 is 0 Å². The molecule has 0 atom stereocenters. The molecule has 0 aromatic rings. The standard InChI is InChI=1S/C15H33NS/c1-5-15(2,3)16(4)13-11-9-7-6-8-10-12-14-17/h17H,5-14H2,1-4H3. The van der Waals surface area contributed by atoms with Crippen molar-refractivity contribution in [2.24, 2.45) is 0 Å². The lowest BCUT2D eigenvalue weighted by molar-refractivity contribution is 0.148. The van der Waals surface area contributed by atoms with E-state index in [1.54, 1.807) is 0 Å². The van der Waals surface area contributed by atoms with Crippen molar-refractivity contribution in [1.29, 1.82) is 0 Å². The molecule has 0 bridgehead atoms. The van der Waals surface area contributed by atoms with Gasteiger partial charge in [0.1, 0.15) is 0 Å². The van der Waals surface area contributed by atoms with Crippen LogP contribution in [0.15, 0.2) is 0 Å². The minimum absolute atomic E-state index is 0.368. The van der Waals surface area contributed by atoms with Gasteiger partial charge in [-0.2, -0.15) is 12.6 Å². The highest BCUT2D eigenvalue weighted by atomic mass is 32.1. The zero-order valence-electron chi connectivity index (χ0n) is 12.5. The quantitative estimate of drug-likeness (QED) is 0.413. The van der Waals surface area contributed by atoms with E-state index in [0.717, 1.165) is 5.75 Å². The monoisotopic (exact) mass is 259 g/mol. The molecule has 0 fully saturated rings. The van der Waals surface area contributed by atoms with Gasteiger partial charge in [-0.15, -0.1) is 0 Å². The van der Waals surface area contributed by atoms with Gasteiger partial charge in [0.15, 0.2) is 0 Å². The molecule has 0 aromatic heterocycles. The number of rotatable bonds is 11. The van der Waals surface area contributed by atoms with Crippen molar-refractivity contribution < 1.29 is 0 Å². The molecule has 2 heteroatoms. The SMILES string of the molecule is CCC(C)(C)N(C)CCCCCCCCCS. The first-order chi connectivity index (χ1) is 8.04. The van der Waals surface area contributed by atoms with Gasteiger partial charge in [0.05, 0.1) is 0 Å². The molecule has 0 heterocycles. The van der Waals surface area contributed by atoms with Gasteiger partial charge in [-0.1, -0.05) is 39.0 Å². The molecule has 17 heavy (non-hydrogen) atoms. The number of unbranched alkanes of at least 4 members (excludes halogenated alkanes) is 6. The second-order valence-corrected chi connectivity index (χ2v) is 6.23. The van der Waals surface area contributed by atoms with E-state index in [0.29, 0.717) is 5.54 Å². The maximum absolute atomic E-state index is 4.23. The fourth-order valence-corrected chi connectivity index (χ4v) is 2.14. The van der Waals surface area contributed by atoms with Crippen LogP contribution in [0.1, 0.15) is 72.1 Å². The second kappa shape index (κ2) is 10.3. The Morgan fingerprint density at radius 3 is 1.82 bits per heavy atom. The van der Waals surface area contributed by atoms with Gasteiger partial charge < -0.3 is 4.90 Å². The average molecular weight is 260 g/mol. The highest BCUT2D eigenvalue weighted by Gasteiger charge is 2.19. The molecule has 0 aromatic carbocycles. The molecule has 0 N–H and O–H groups in total. The predicted molar refractivity (Wildman–Crippen MR) is 83.2 cm³/mol. The Labute approximate surface area is 115 Å². The van der Waals surface area contributed by atoms with Crippen LogP contribution in [-0.2, 0) is 0 Å². The molecule has 104 valence electrons. The lowest BCUT2D eigenvalue weighted by Gasteiger charge is -2.34. The van der Waals surface area contributed by atoms with Crippen LogP contribution in [-0.4, -0.2) is 29.8 Å². The maximum Gasteiger partial charge on any atom is 0.0147 e. The second-order valence-electron chi connectivity index (χ2n) is 5.79. The first-order valence-corrected chi connectivity index (χ1v) is 8.00. The smallest absolute Gasteiger partial charge is 0.0147 e. The molecule has 0 spiro atoms. The van der Waals surface area contributed by atoms with Crippen molar-refractivity contribution in [3.63, 3.8) is 0 Å². The van der Waals surface area contributed by atoms with Gasteiger partial charge in [-0.3, -0.25) is 0 Å². The van der Waals surface area contributed by atoms with Crippen LogP contribution < -0.4 is 0 Å². The highest BCUT2D eigenvalue weighted by molar-refractivity contribution is 7.80. The molecule has 0 amide bonds. The number of hydrogen-bond acceptors (Lipinski definition) is 2. The lowest BCUT2D eigenvalue weighted by Crippen LogP contribution is -2.40. The van der Waals surface area contributed by atoms with Crippen LogP contribution in [0.5, 0.6) is 0 Å². The Bertz CT molecular complexity index is 168. The van der Waals surface area contributed by atoms with Crippen LogP contribution in [0.4, 0.5) is 0 Å². The minimum atomic E-state index is 0.368. The Balaban J connectivity index is 3.34. The number of thiol groups is 1. The van der Waals surface area contributed by atoms with E-state index in [1.807, 2.05) is 0 Å². The van der Waals surface area contributed by atoms with Gasteiger partial charge in [-0.25, -0.2) is 0 Å². The van der Waals surface area contributed by atoms with Gasteiger partial charge in [0.2, 0.25) is 0 Å². The summed E-state index contributed by atoms with van der Waals surface area (Å²) in [6.45, 7) is 8.20. The van der Waals surface area contributed by atoms with E-state index in [4.69, 9.17) is 0 Å². The molecular weight excluding hydrogens is 226 g/mol. The van der Waals surface area contributed by atoms with Crippen LogP contribution in [0.25, 0.3) is 0 Å². The van der Waals surface area contributed by atoms with Crippen molar-refractivity contribution in [2.45, 2.75) is 77.7 Å². The molecule has 0 aliphatic rings. The molecule has 0 aliphatic carbocycles. The zero-order valence-corrected chi connectivity index (χ0v) is 13.4. The Kier molecular flexibility index (Phi) is 10.4. The van der Waals surface area contributed by atoms with Crippen molar-refractivity contribution in [3.8, 4) is 0 Å². The Morgan fingerprint density at radius 1 is 0.882 bits per heavy atom. The summed E-state index contributed by atoms with van der Waals surface area (Å²) in [5, 5.41) is 0. The lowest BCUT2D eigenvalue weighted by atomic mass is 9.99. The van der Waals surface area contributed by atoms with E-state index in [2.05, 4.69) is 45.3 Å². The highest BCUT2D eigenvalue weighted by Crippen LogP contribution is 2.17. The Morgan fingerprint density at radius 2 is 1.35 bits per heavy atom. The van der Waals surface area contributed by atoms with Crippen LogP contribution >= 0.6 is 12.6 Å². The molecule has 0 aliphatic heterocycles. The molecule has 0 saturated carbocycles. The van der Waals surface area contributed by atoms with Crippen LogP contribution in [0.3, 0.4) is 0 Å². The van der Waals surface area contributed by atoms with Crippen molar-refractivity contribution in [2.75, 3.05) is 19.3 Å². The fourth-order valence-electron chi connectivity index (χ4n) is 1.92. The normalized spacial score (nSPS) is 12.4. The predicted octanol–water partition coefficient (Wildman–Crippen LogP) is 4.77. The molecule has 0 rings (SSSR count). The maximum atomic E-state index is 4.23. The van der Waals surface area contributed by atoms with E-state index in [1.165, 1.54) is 57.9 Å². The third kappa shape index (κ3) is 8.96. The summed E-state index contributed by atoms with van der Waals surface area (Å²) >= 11 is 4.23. The average Bonchev–Trinajstić information content (AvgIpc) is 2.32. The Hall–Kier alpha value is 0.310. The van der Waals surface area contributed by atoms with E-state index in [-0.39, 0.29) is 0 Å².